The van der Waals surface area contributed by atoms with Crippen LogP contribution in [0.4, 0.5) is 0 Å². The van der Waals surface area contributed by atoms with E-state index in [0.717, 1.165) is 24.2 Å². The fourth-order valence-corrected chi connectivity index (χ4v) is 2.88. The van der Waals surface area contributed by atoms with E-state index < -0.39 is 0 Å². The van der Waals surface area contributed by atoms with Crippen LogP contribution < -0.4 is 15.5 Å². The van der Waals surface area contributed by atoms with Gasteiger partial charge in [-0.2, -0.15) is 5.10 Å². The van der Waals surface area contributed by atoms with Crippen molar-refractivity contribution < 1.29 is 14.3 Å². The molecule has 1 aromatic carbocycles. The van der Waals surface area contributed by atoms with E-state index in [1.54, 1.807) is 13.3 Å². The lowest BCUT2D eigenvalue weighted by Crippen LogP contribution is -2.36. The summed E-state index contributed by atoms with van der Waals surface area (Å²) < 4.78 is 5.08. The van der Waals surface area contributed by atoms with Gasteiger partial charge in [0.15, 0.2) is 0 Å². The first-order valence-electron chi connectivity index (χ1n) is 8.92. The summed E-state index contributed by atoms with van der Waals surface area (Å²) >= 11 is 0. The van der Waals surface area contributed by atoms with Crippen LogP contribution in [0.1, 0.15) is 56.9 Å². The summed E-state index contributed by atoms with van der Waals surface area (Å²) in [4.78, 5) is 23.6. The molecule has 0 atom stereocenters. The third-order valence-corrected chi connectivity index (χ3v) is 4.30. The predicted octanol–water partition coefficient (Wildman–Crippen LogP) is 2.76. The summed E-state index contributed by atoms with van der Waals surface area (Å²) in [5.41, 5.74) is 3.35. The Labute approximate surface area is 149 Å². The number of hydrogen-bond acceptors (Lipinski definition) is 4. The first-order chi connectivity index (χ1) is 12.2. The lowest BCUT2D eigenvalue weighted by Gasteiger charge is -2.22. The third-order valence-electron chi connectivity index (χ3n) is 4.30. The highest BCUT2D eigenvalue weighted by atomic mass is 16.5. The molecule has 0 spiro atoms. The monoisotopic (exact) mass is 345 g/mol. The SMILES string of the molecule is COc1ccc(/C=N\NC(=O)CCCC(=O)NC2CCCCC2)cc1. The van der Waals surface area contributed by atoms with Gasteiger partial charge >= 0.3 is 0 Å². The Hall–Kier alpha value is -2.37. The lowest BCUT2D eigenvalue weighted by atomic mass is 9.95. The average Bonchev–Trinajstić information content (AvgIpc) is 2.63. The third kappa shape index (κ3) is 7.37. The van der Waals surface area contributed by atoms with Crippen LogP contribution in [-0.4, -0.2) is 31.2 Å². The van der Waals surface area contributed by atoms with Crippen LogP contribution in [0.3, 0.4) is 0 Å². The summed E-state index contributed by atoms with van der Waals surface area (Å²) in [5.74, 6) is 0.629. The minimum atomic E-state index is -0.185. The number of carbonyl (C=O) groups is 2. The van der Waals surface area contributed by atoms with Crippen molar-refractivity contribution in [1.29, 1.82) is 0 Å². The maximum absolute atomic E-state index is 11.9. The number of nitrogens with zero attached hydrogens (tertiary/aromatic N) is 1. The van der Waals surface area contributed by atoms with Crippen LogP contribution in [-0.2, 0) is 9.59 Å². The molecule has 0 radical (unpaired) electrons. The van der Waals surface area contributed by atoms with Crippen molar-refractivity contribution in [2.45, 2.75) is 57.4 Å². The van der Waals surface area contributed by atoms with E-state index in [0.29, 0.717) is 18.9 Å². The van der Waals surface area contributed by atoms with Crippen molar-refractivity contribution in [2.24, 2.45) is 5.10 Å². The Morgan fingerprint density at radius 3 is 2.48 bits per heavy atom. The molecule has 25 heavy (non-hydrogen) atoms. The first-order valence-corrected chi connectivity index (χ1v) is 8.92. The quantitative estimate of drug-likeness (QED) is 0.562. The highest BCUT2D eigenvalue weighted by molar-refractivity contribution is 5.83. The van der Waals surface area contributed by atoms with Gasteiger partial charge in [-0.05, 0) is 49.1 Å². The number of hydrazone groups is 1. The molecule has 0 aliphatic heterocycles. The molecule has 136 valence electrons. The normalized spacial score (nSPS) is 15.1. The smallest absolute Gasteiger partial charge is 0.240 e. The Bertz CT molecular complexity index is 578. The molecule has 1 saturated carbocycles. The number of amides is 2. The van der Waals surface area contributed by atoms with E-state index in [9.17, 15) is 9.59 Å². The number of benzene rings is 1. The molecular formula is C19H27N3O3. The molecule has 1 aromatic rings. The van der Waals surface area contributed by atoms with Crippen LogP contribution in [0.2, 0.25) is 0 Å². The van der Waals surface area contributed by atoms with Gasteiger partial charge in [-0.15, -0.1) is 0 Å². The van der Waals surface area contributed by atoms with E-state index in [1.807, 2.05) is 24.3 Å². The van der Waals surface area contributed by atoms with Gasteiger partial charge in [0, 0.05) is 18.9 Å². The second-order valence-corrected chi connectivity index (χ2v) is 6.32. The van der Waals surface area contributed by atoms with Crippen molar-refractivity contribution in [2.75, 3.05) is 7.11 Å². The number of methoxy groups -OCH3 is 1. The number of rotatable bonds is 8. The average molecular weight is 345 g/mol. The Balaban J connectivity index is 1.59. The molecule has 6 nitrogen and oxygen atoms in total. The first kappa shape index (κ1) is 19.0. The standard InChI is InChI=1S/C19H27N3O3/c1-25-17-12-10-15(11-13-17)14-20-22-19(24)9-5-8-18(23)21-16-6-3-2-4-7-16/h10-14,16H,2-9H2,1H3,(H,21,23)(H,22,24)/b20-14-. The van der Waals surface area contributed by atoms with Crippen molar-refractivity contribution >= 4 is 18.0 Å². The van der Waals surface area contributed by atoms with E-state index in [-0.39, 0.29) is 18.2 Å². The predicted molar refractivity (Wildman–Crippen MR) is 97.6 cm³/mol. The Kier molecular flexibility index (Phi) is 7.95. The second kappa shape index (κ2) is 10.5. The fraction of sp³-hybridized carbons (Fsp3) is 0.526. The number of carbonyl (C=O) groups excluding carboxylic acids is 2. The highest BCUT2D eigenvalue weighted by Crippen LogP contribution is 2.17. The summed E-state index contributed by atoms with van der Waals surface area (Å²) in [6, 6.07) is 7.68. The zero-order valence-corrected chi connectivity index (χ0v) is 14.8. The molecule has 2 amide bonds. The molecule has 0 heterocycles. The molecule has 1 aliphatic rings. The largest absolute Gasteiger partial charge is 0.497 e. The van der Waals surface area contributed by atoms with E-state index in [2.05, 4.69) is 15.8 Å². The summed E-state index contributed by atoms with van der Waals surface area (Å²) in [6.07, 6.45) is 8.58. The van der Waals surface area contributed by atoms with Crippen molar-refractivity contribution in [3.63, 3.8) is 0 Å². The van der Waals surface area contributed by atoms with Gasteiger partial charge in [0.1, 0.15) is 5.75 Å². The maximum atomic E-state index is 11.9. The molecule has 1 fully saturated rings. The van der Waals surface area contributed by atoms with E-state index in [1.165, 1.54) is 19.3 Å². The zero-order valence-electron chi connectivity index (χ0n) is 14.8. The van der Waals surface area contributed by atoms with Crippen LogP contribution in [0, 0.1) is 0 Å². The molecule has 0 saturated heterocycles. The van der Waals surface area contributed by atoms with E-state index >= 15 is 0 Å². The molecule has 1 aliphatic carbocycles. The van der Waals surface area contributed by atoms with Crippen molar-refractivity contribution in [3.05, 3.63) is 29.8 Å². The lowest BCUT2D eigenvalue weighted by molar-refractivity contribution is -0.123. The topological polar surface area (TPSA) is 79.8 Å². The molecule has 0 unspecified atom stereocenters. The van der Waals surface area contributed by atoms with Gasteiger partial charge in [0.25, 0.3) is 0 Å². The fourth-order valence-electron chi connectivity index (χ4n) is 2.88. The van der Waals surface area contributed by atoms with E-state index in [4.69, 9.17) is 4.74 Å². The molecule has 2 rings (SSSR count). The van der Waals surface area contributed by atoms with Gasteiger partial charge in [-0.25, -0.2) is 5.43 Å². The second-order valence-electron chi connectivity index (χ2n) is 6.32. The minimum absolute atomic E-state index is 0.0430. The summed E-state index contributed by atoms with van der Waals surface area (Å²) in [5, 5.41) is 6.98. The van der Waals surface area contributed by atoms with Crippen LogP contribution >= 0.6 is 0 Å². The Morgan fingerprint density at radius 1 is 1.12 bits per heavy atom. The molecule has 0 bridgehead atoms. The minimum Gasteiger partial charge on any atom is -0.497 e. The molecule has 6 heteroatoms. The number of hydrogen-bond donors (Lipinski definition) is 2. The molecular weight excluding hydrogens is 318 g/mol. The van der Waals surface area contributed by atoms with Crippen molar-refractivity contribution in [1.82, 2.24) is 10.7 Å². The van der Waals surface area contributed by atoms with Crippen LogP contribution in [0.25, 0.3) is 0 Å². The maximum Gasteiger partial charge on any atom is 0.240 e. The van der Waals surface area contributed by atoms with Crippen LogP contribution in [0.5, 0.6) is 5.75 Å². The highest BCUT2D eigenvalue weighted by Gasteiger charge is 2.15. The molecule has 0 aromatic heterocycles. The van der Waals surface area contributed by atoms with Gasteiger partial charge in [0.05, 0.1) is 13.3 Å². The van der Waals surface area contributed by atoms with Crippen LogP contribution in [0.15, 0.2) is 29.4 Å². The summed E-state index contributed by atoms with van der Waals surface area (Å²) in [6.45, 7) is 0. The van der Waals surface area contributed by atoms with Crippen molar-refractivity contribution in [3.8, 4) is 5.75 Å². The molecule has 2 N–H and O–H groups in total. The van der Waals surface area contributed by atoms with Gasteiger partial charge in [-0.3, -0.25) is 9.59 Å². The van der Waals surface area contributed by atoms with Gasteiger partial charge < -0.3 is 10.1 Å². The zero-order chi connectivity index (χ0) is 17.9. The number of nitrogens with one attached hydrogen (secondary N) is 2. The number of ether oxygens (including phenoxy) is 1. The summed E-state index contributed by atoms with van der Waals surface area (Å²) in [7, 11) is 1.61. The Morgan fingerprint density at radius 2 is 1.80 bits per heavy atom. The van der Waals surface area contributed by atoms with Gasteiger partial charge in [-0.1, -0.05) is 19.3 Å². The van der Waals surface area contributed by atoms with Gasteiger partial charge in [0.2, 0.25) is 11.8 Å².